The average Bonchev–Trinajstić information content (AvgIpc) is 2.89. The van der Waals surface area contributed by atoms with Gasteiger partial charge in [-0.25, -0.2) is 13.2 Å². The minimum Gasteiger partial charge on any atom is -0.490 e. The number of carboxylic acids is 1. The lowest BCUT2D eigenvalue weighted by Gasteiger charge is -2.33. The molecule has 2 aliphatic heterocycles. The summed E-state index contributed by atoms with van der Waals surface area (Å²) in [5.41, 5.74) is 7.63. The first kappa shape index (κ1) is 26.2. The van der Waals surface area contributed by atoms with Crippen LogP contribution >= 0.6 is 0 Å². The number of carboxylic acid groups (broad SMARTS) is 1. The smallest absolute Gasteiger partial charge is 0.349 e. The van der Waals surface area contributed by atoms with Gasteiger partial charge in [-0.2, -0.15) is 0 Å². The summed E-state index contributed by atoms with van der Waals surface area (Å²) in [5.74, 6) is -0.544. The number of amidine groups is 2. The topological polar surface area (TPSA) is 161 Å². The van der Waals surface area contributed by atoms with E-state index in [0.717, 1.165) is 41.0 Å². The molecule has 0 unspecified atom stereocenters. The number of hydrogen-bond donors (Lipinski definition) is 4. The van der Waals surface area contributed by atoms with Crippen molar-refractivity contribution < 1.29 is 23.1 Å². The van der Waals surface area contributed by atoms with Crippen molar-refractivity contribution in [3.8, 4) is 5.75 Å². The fourth-order valence-electron chi connectivity index (χ4n) is 4.98. The molecule has 10 nitrogen and oxygen atoms in total. The van der Waals surface area contributed by atoms with E-state index in [9.17, 15) is 18.3 Å². The molecule has 0 aliphatic carbocycles. The number of nitrogens with two attached hydrogens (primary N) is 1. The van der Waals surface area contributed by atoms with Gasteiger partial charge in [0.1, 0.15) is 17.7 Å². The number of nitrogen functional groups attached to an aromatic ring is 1. The molecule has 39 heavy (non-hydrogen) atoms. The zero-order valence-electron chi connectivity index (χ0n) is 21.3. The van der Waals surface area contributed by atoms with E-state index in [4.69, 9.17) is 21.3 Å². The zero-order chi connectivity index (χ0) is 27.9. The summed E-state index contributed by atoms with van der Waals surface area (Å²) >= 11 is 0. The molecule has 0 saturated carbocycles. The standard InChI is InChI=1S/C28H29N5O5S/c1-17(29)32-10-8-23(9-11-32)38-24-6-7-25-22(14-24)15-26(28(34)35)39(36,37)33(25)16-18-2-3-19-4-5-20(27(30)31)13-21(19)12-18/h2-7,12-15,23,29H,8-11,16H2,1H3,(H3,30,31)(H,34,35). The summed E-state index contributed by atoms with van der Waals surface area (Å²) in [7, 11) is -4.33. The third-order valence-electron chi connectivity index (χ3n) is 7.09. The van der Waals surface area contributed by atoms with Gasteiger partial charge >= 0.3 is 5.97 Å². The Kier molecular flexibility index (Phi) is 6.77. The van der Waals surface area contributed by atoms with Crippen molar-refractivity contribution in [1.29, 1.82) is 10.8 Å². The molecule has 3 aromatic carbocycles. The molecule has 0 amide bonds. The molecule has 2 heterocycles. The predicted molar refractivity (Wildman–Crippen MR) is 151 cm³/mol. The molecule has 0 aromatic heterocycles. The van der Waals surface area contributed by atoms with Gasteiger partial charge in [-0.3, -0.25) is 15.1 Å². The van der Waals surface area contributed by atoms with Gasteiger partial charge in [0.15, 0.2) is 4.91 Å². The Balaban J connectivity index is 1.46. The maximum atomic E-state index is 13.4. The van der Waals surface area contributed by atoms with E-state index in [2.05, 4.69) is 0 Å². The third kappa shape index (κ3) is 5.17. The zero-order valence-corrected chi connectivity index (χ0v) is 22.2. The second-order valence-electron chi connectivity index (χ2n) is 9.75. The van der Waals surface area contributed by atoms with Crippen LogP contribution in [0.1, 0.15) is 36.5 Å². The van der Waals surface area contributed by atoms with Crippen molar-refractivity contribution in [3.05, 3.63) is 76.2 Å². The number of fused-ring (bicyclic) bond motifs is 2. The minimum atomic E-state index is -4.33. The first-order valence-electron chi connectivity index (χ1n) is 12.5. The van der Waals surface area contributed by atoms with Crippen LogP contribution in [0.15, 0.2) is 59.5 Å². The number of hydrogen-bond acceptors (Lipinski definition) is 6. The van der Waals surface area contributed by atoms with Crippen molar-refractivity contribution >= 4 is 50.2 Å². The van der Waals surface area contributed by atoms with Gasteiger partial charge in [-0.15, -0.1) is 0 Å². The minimum absolute atomic E-state index is 0.0532. The molecular formula is C28H29N5O5S. The van der Waals surface area contributed by atoms with Crippen LogP contribution in [0.2, 0.25) is 0 Å². The molecule has 2 aliphatic rings. The molecule has 1 saturated heterocycles. The molecule has 11 heteroatoms. The van der Waals surface area contributed by atoms with Crippen LogP contribution in [-0.2, 0) is 21.4 Å². The second-order valence-corrected chi connectivity index (χ2v) is 11.6. The normalized spacial score (nSPS) is 16.9. The van der Waals surface area contributed by atoms with Crippen LogP contribution in [-0.4, -0.2) is 55.3 Å². The first-order valence-corrected chi connectivity index (χ1v) is 13.9. The number of nitrogens with zero attached hydrogens (tertiary/aromatic N) is 2. The molecule has 202 valence electrons. The largest absolute Gasteiger partial charge is 0.490 e. The van der Waals surface area contributed by atoms with Gasteiger partial charge in [0.2, 0.25) is 0 Å². The number of ether oxygens (including phenoxy) is 1. The van der Waals surface area contributed by atoms with E-state index in [1.165, 1.54) is 6.08 Å². The van der Waals surface area contributed by atoms with E-state index in [1.54, 1.807) is 43.3 Å². The monoisotopic (exact) mass is 547 g/mol. The summed E-state index contributed by atoms with van der Waals surface area (Å²) in [5, 5.41) is 26.9. The highest BCUT2D eigenvalue weighted by Crippen LogP contribution is 2.38. The highest BCUT2D eigenvalue weighted by Gasteiger charge is 2.37. The SMILES string of the molecule is CC(=N)N1CCC(Oc2ccc3c(c2)C=C(C(=O)O)S(=O)(=O)N3Cc2ccc3ccc(C(=N)N)cc3c2)CC1. The van der Waals surface area contributed by atoms with Crippen LogP contribution in [0.5, 0.6) is 5.75 Å². The summed E-state index contributed by atoms with van der Waals surface area (Å²) < 4.78 is 34.1. The maximum Gasteiger partial charge on any atom is 0.349 e. The quantitative estimate of drug-likeness (QED) is 0.270. The van der Waals surface area contributed by atoms with Crippen molar-refractivity contribution in [2.45, 2.75) is 32.4 Å². The van der Waals surface area contributed by atoms with E-state index in [-0.39, 0.29) is 18.5 Å². The number of aliphatic carboxylic acids is 1. The molecule has 3 aromatic rings. The van der Waals surface area contributed by atoms with E-state index in [1.807, 2.05) is 23.1 Å². The number of piperidine rings is 1. The summed E-state index contributed by atoms with van der Waals surface area (Å²) in [6.07, 6.45) is 2.62. The lowest BCUT2D eigenvalue weighted by Crippen LogP contribution is -2.40. The van der Waals surface area contributed by atoms with Crippen molar-refractivity contribution in [2.24, 2.45) is 5.73 Å². The number of benzene rings is 3. The van der Waals surface area contributed by atoms with Gasteiger partial charge in [0.25, 0.3) is 10.0 Å². The van der Waals surface area contributed by atoms with Crippen LogP contribution < -0.4 is 14.8 Å². The lowest BCUT2D eigenvalue weighted by atomic mass is 10.0. The number of rotatable bonds is 6. The van der Waals surface area contributed by atoms with Crippen LogP contribution in [0, 0.1) is 10.8 Å². The lowest BCUT2D eigenvalue weighted by molar-refractivity contribution is -0.131. The summed E-state index contributed by atoms with van der Waals surface area (Å²) in [4.78, 5) is 13.3. The number of nitrogens with one attached hydrogen (secondary N) is 2. The predicted octanol–water partition coefficient (Wildman–Crippen LogP) is 3.74. The molecule has 0 radical (unpaired) electrons. The summed E-state index contributed by atoms with van der Waals surface area (Å²) in [6.45, 7) is 3.12. The number of carbonyl (C=O) groups is 1. The van der Waals surface area contributed by atoms with Gasteiger partial charge in [0, 0.05) is 37.1 Å². The van der Waals surface area contributed by atoms with Gasteiger partial charge in [-0.05, 0) is 59.7 Å². The molecule has 1 fully saturated rings. The molecule has 5 rings (SSSR count). The first-order chi connectivity index (χ1) is 18.5. The fraction of sp³-hybridized carbons (Fsp3) is 0.250. The molecule has 5 N–H and O–H groups in total. The number of likely N-dealkylation sites (tertiary alicyclic amines) is 1. The summed E-state index contributed by atoms with van der Waals surface area (Å²) in [6, 6.07) is 15.8. The van der Waals surface area contributed by atoms with Gasteiger partial charge < -0.3 is 20.5 Å². The Bertz CT molecular complexity index is 1640. The Morgan fingerprint density at radius 3 is 2.44 bits per heavy atom. The van der Waals surface area contributed by atoms with Crippen molar-refractivity contribution in [2.75, 3.05) is 17.4 Å². The Hall–Kier alpha value is -4.38. The van der Waals surface area contributed by atoms with Gasteiger partial charge in [0.05, 0.1) is 18.1 Å². The number of sulfonamides is 1. The second kappa shape index (κ2) is 10.1. The molecular weight excluding hydrogens is 518 g/mol. The van der Waals surface area contributed by atoms with Crippen molar-refractivity contribution in [3.63, 3.8) is 0 Å². The molecule has 0 bridgehead atoms. The fourth-order valence-corrected chi connectivity index (χ4v) is 6.46. The maximum absolute atomic E-state index is 13.4. The third-order valence-corrected chi connectivity index (χ3v) is 8.85. The van der Waals surface area contributed by atoms with E-state index < -0.39 is 20.9 Å². The Labute approximate surface area is 226 Å². The average molecular weight is 548 g/mol. The number of anilines is 1. The molecule has 0 atom stereocenters. The Morgan fingerprint density at radius 1 is 1.05 bits per heavy atom. The van der Waals surface area contributed by atoms with Gasteiger partial charge in [-0.1, -0.05) is 24.3 Å². The Morgan fingerprint density at radius 2 is 1.77 bits per heavy atom. The van der Waals surface area contributed by atoms with Crippen LogP contribution in [0.3, 0.4) is 0 Å². The van der Waals surface area contributed by atoms with Crippen LogP contribution in [0.25, 0.3) is 16.8 Å². The van der Waals surface area contributed by atoms with Crippen LogP contribution in [0.4, 0.5) is 5.69 Å². The van der Waals surface area contributed by atoms with Crippen molar-refractivity contribution in [1.82, 2.24) is 4.90 Å². The van der Waals surface area contributed by atoms with E-state index in [0.29, 0.717) is 34.0 Å². The highest BCUT2D eigenvalue weighted by atomic mass is 32.2. The van der Waals surface area contributed by atoms with E-state index >= 15 is 0 Å². The highest BCUT2D eigenvalue weighted by molar-refractivity contribution is 7.97. The molecule has 0 spiro atoms.